The maximum atomic E-state index is 5.12. The Balaban J connectivity index is 1.95. The van der Waals surface area contributed by atoms with Gasteiger partial charge in [0.2, 0.25) is 0 Å². The SMILES string of the molecule is CCCCN(C)c1cc(Nc2cc(C)on2)nc(-c2ccccc2)n1. The van der Waals surface area contributed by atoms with E-state index in [9.17, 15) is 0 Å². The number of anilines is 3. The normalized spacial score (nSPS) is 10.7. The summed E-state index contributed by atoms with van der Waals surface area (Å²) >= 11 is 0. The van der Waals surface area contributed by atoms with Gasteiger partial charge in [0, 0.05) is 31.3 Å². The lowest BCUT2D eigenvalue weighted by atomic mass is 10.2. The Labute approximate surface area is 147 Å². The molecule has 0 amide bonds. The minimum absolute atomic E-state index is 0.636. The summed E-state index contributed by atoms with van der Waals surface area (Å²) in [6.45, 7) is 4.99. The van der Waals surface area contributed by atoms with Crippen LogP contribution in [0.15, 0.2) is 47.0 Å². The number of benzene rings is 1. The van der Waals surface area contributed by atoms with Gasteiger partial charge in [-0.2, -0.15) is 0 Å². The zero-order chi connectivity index (χ0) is 17.6. The Morgan fingerprint density at radius 1 is 1.08 bits per heavy atom. The predicted molar refractivity (Wildman–Crippen MR) is 100 cm³/mol. The van der Waals surface area contributed by atoms with E-state index >= 15 is 0 Å². The number of aryl methyl sites for hydroxylation is 1. The van der Waals surface area contributed by atoms with Gasteiger partial charge in [0.25, 0.3) is 0 Å². The highest BCUT2D eigenvalue weighted by Crippen LogP contribution is 2.24. The zero-order valence-corrected chi connectivity index (χ0v) is 14.9. The predicted octanol–water partition coefficient (Wildman–Crippen LogP) is 4.42. The quantitative estimate of drug-likeness (QED) is 0.688. The van der Waals surface area contributed by atoms with Gasteiger partial charge >= 0.3 is 0 Å². The van der Waals surface area contributed by atoms with Crippen molar-refractivity contribution < 1.29 is 4.52 Å². The van der Waals surface area contributed by atoms with Crippen LogP contribution in [0.5, 0.6) is 0 Å². The van der Waals surface area contributed by atoms with Crippen molar-refractivity contribution in [2.45, 2.75) is 26.7 Å². The number of aromatic nitrogens is 3. The third kappa shape index (κ3) is 4.35. The molecule has 0 aliphatic carbocycles. The van der Waals surface area contributed by atoms with E-state index in [-0.39, 0.29) is 0 Å². The first-order valence-corrected chi connectivity index (χ1v) is 8.51. The van der Waals surface area contributed by atoms with Crippen LogP contribution in [0.2, 0.25) is 0 Å². The van der Waals surface area contributed by atoms with E-state index in [2.05, 4.69) is 34.3 Å². The van der Waals surface area contributed by atoms with Crippen LogP contribution in [0.25, 0.3) is 11.4 Å². The molecule has 0 unspecified atom stereocenters. The summed E-state index contributed by atoms with van der Waals surface area (Å²) < 4.78 is 5.12. The zero-order valence-electron chi connectivity index (χ0n) is 14.9. The Kier molecular flexibility index (Phi) is 5.28. The number of hydrogen-bond donors (Lipinski definition) is 1. The number of unbranched alkanes of at least 4 members (excludes halogenated alkanes) is 1. The standard InChI is InChI=1S/C19H23N5O/c1-4-5-11-24(3)18-13-16(20-17-12-14(2)25-23-17)21-19(22-18)15-9-7-6-8-10-15/h6-10,12-13H,4-5,11H2,1-3H3,(H,20,21,22,23). The third-order valence-electron chi connectivity index (χ3n) is 3.87. The largest absolute Gasteiger partial charge is 0.360 e. The second-order valence-electron chi connectivity index (χ2n) is 6.02. The molecular weight excluding hydrogens is 314 g/mol. The molecule has 0 radical (unpaired) electrons. The lowest BCUT2D eigenvalue weighted by Crippen LogP contribution is -2.20. The number of hydrogen-bond acceptors (Lipinski definition) is 6. The first-order chi connectivity index (χ1) is 12.2. The molecular formula is C19H23N5O. The highest BCUT2D eigenvalue weighted by atomic mass is 16.5. The van der Waals surface area contributed by atoms with Crippen LogP contribution in [0.3, 0.4) is 0 Å². The van der Waals surface area contributed by atoms with Crippen LogP contribution in [0.4, 0.5) is 17.5 Å². The van der Waals surface area contributed by atoms with Crippen molar-refractivity contribution in [1.29, 1.82) is 0 Å². The van der Waals surface area contributed by atoms with E-state index in [1.807, 2.05) is 49.4 Å². The summed E-state index contributed by atoms with van der Waals surface area (Å²) in [5.41, 5.74) is 0.979. The molecule has 1 aromatic carbocycles. The third-order valence-corrected chi connectivity index (χ3v) is 3.87. The van der Waals surface area contributed by atoms with Gasteiger partial charge in [-0.05, 0) is 13.3 Å². The van der Waals surface area contributed by atoms with Crippen molar-refractivity contribution in [3.8, 4) is 11.4 Å². The molecule has 6 nitrogen and oxygen atoms in total. The van der Waals surface area contributed by atoms with Crippen molar-refractivity contribution in [2.24, 2.45) is 0 Å². The molecule has 1 N–H and O–H groups in total. The summed E-state index contributed by atoms with van der Waals surface area (Å²) in [5, 5.41) is 7.18. The maximum absolute atomic E-state index is 5.12. The van der Waals surface area contributed by atoms with Crippen LogP contribution in [-0.4, -0.2) is 28.7 Å². The molecule has 0 saturated carbocycles. The molecule has 0 fully saturated rings. The van der Waals surface area contributed by atoms with Gasteiger partial charge in [-0.25, -0.2) is 9.97 Å². The smallest absolute Gasteiger partial charge is 0.175 e. The molecule has 6 heteroatoms. The molecule has 0 atom stereocenters. The van der Waals surface area contributed by atoms with Gasteiger partial charge in [0.15, 0.2) is 11.6 Å². The van der Waals surface area contributed by atoms with E-state index in [1.54, 1.807) is 0 Å². The van der Waals surface area contributed by atoms with Crippen molar-refractivity contribution in [3.63, 3.8) is 0 Å². The van der Waals surface area contributed by atoms with Gasteiger partial charge < -0.3 is 14.7 Å². The van der Waals surface area contributed by atoms with E-state index in [0.717, 1.165) is 36.5 Å². The fourth-order valence-corrected chi connectivity index (χ4v) is 2.48. The molecule has 0 aliphatic heterocycles. The van der Waals surface area contributed by atoms with Crippen molar-refractivity contribution in [2.75, 3.05) is 23.8 Å². The second kappa shape index (κ2) is 7.79. The molecule has 0 saturated heterocycles. The minimum atomic E-state index is 0.636. The van der Waals surface area contributed by atoms with Crippen molar-refractivity contribution >= 4 is 17.5 Å². The summed E-state index contributed by atoms with van der Waals surface area (Å²) in [6.07, 6.45) is 2.26. The second-order valence-corrected chi connectivity index (χ2v) is 6.02. The average molecular weight is 337 g/mol. The van der Waals surface area contributed by atoms with Gasteiger partial charge in [-0.1, -0.05) is 48.8 Å². The number of nitrogens with one attached hydrogen (secondary N) is 1. The number of nitrogens with zero attached hydrogens (tertiary/aromatic N) is 4. The molecule has 2 aromatic heterocycles. The summed E-state index contributed by atoms with van der Waals surface area (Å²) in [7, 11) is 2.05. The van der Waals surface area contributed by atoms with E-state index in [1.165, 1.54) is 0 Å². The van der Waals surface area contributed by atoms with Crippen LogP contribution >= 0.6 is 0 Å². The van der Waals surface area contributed by atoms with Gasteiger partial charge in [-0.3, -0.25) is 0 Å². The van der Waals surface area contributed by atoms with Crippen LogP contribution in [0.1, 0.15) is 25.5 Å². The monoisotopic (exact) mass is 337 g/mol. The van der Waals surface area contributed by atoms with E-state index < -0.39 is 0 Å². The van der Waals surface area contributed by atoms with Gasteiger partial charge in [-0.15, -0.1) is 0 Å². The number of rotatable bonds is 7. The lowest BCUT2D eigenvalue weighted by Gasteiger charge is -2.19. The summed E-state index contributed by atoms with van der Waals surface area (Å²) in [6, 6.07) is 13.7. The topological polar surface area (TPSA) is 67.1 Å². The molecule has 0 spiro atoms. The van der Waals surface area contributed by atoms with Gasteiger partial charge in [0.05, 0.1) is 0 Å². The summed E-state index contributed by atoms with van der Waals surface area (Å²) in [4.78, 5) is 11.5. The maximum Gasteiger partial charge on any atom is 0.175 e. The highest BCUT2D eigenvalue weighted by molar-refractivity contribution is 5.64. The van der Waals surface area contributed by atoms with Crippen molar-refractivity contribution in [1.82, 2.24) is 15.1 Å². The fourth-order valence-electron chi connectivity index (χ4n) is 2.48. The minimum Gasteiger partial charge on any atom is -0.360 e. The Hall–Kier alpha value is -2.89. The fraction of sp³-hybridized carbons (Fsp3) is 0.316. The molecule has 0 aliphatic rings. The average Bonchev–Trinajstić information content (AvgIpc) is 3.04. The Morgan fingerprint density at radius 2 is 1.88 bits per heavy atom. The molecule has 25 heavy (non-hydrogen) atoms. The summed E-state index contributed by atoms with van der Waals surface area (Å²) in [5.74, 6) is 3.65. The van der Waals surface area contributed by atoms with Crippen LogP contribution in [-0.2, 0) is 0 Å². The van der Waals surface area contributed by atoms with Crippen LogP contribution in [0, 0.1) is 6.92 Å². The first-order valence-electron chi connectivity index (χ1n) is 8.51. The first kappa shape index (κ1) is 17.0. The molecule has 3 aromatic rings. The molecule has 0 bridgehead atoms. The molecule has 2 heterocycles. The lowest BCUT2D eigenvalue weighted by molar-refractivity contribution is 0.400. The Morgan fingerprint density at radius 3 is 2.56 bits per heavy atom. The molecule has 130 valence electrons. The Bertz CT molecular complexity index is 816. The van der Waals surface area contributed by atoms with E-state index in [4.69, 9.17) is 9.51 Å². The highest BCUT2D eigenvalue weighted by Gasteiger charge is 2.11. The van der Waals surface area contributed by atoms with Gasteiger partial charge in [0.1, 0.15) is 17.4 Å². The van der Waals surface area contributed by atoms with Crippen molar-refractivity contribution in [3.05, 3.63) is 48.2 Å². The van der Waals surface area contributed by atoms with Crippen LogP contribution < -0.4 is 10.2 Å². The molecule has 3 rings (SSSR count). The van der Waals surface area contributed by atoms with E-state index in [0.29, 0.717) is 17.5 Å².